The zero-order valence-corrected chi connectivity index (χ0v) is 14.4. The second-order valence-electron chi connectivity index (χ2n) is 4.55. The van der Waals surface area contributed by atoms with Crippen LogP contribution in [0.5, 0.6) is 0 Å². The second-order valence-corrected chi connectivity index (χ2v) is 6.25. The van der Waals surface area contributed by atoms with Gasteiger partial charge in [-0.3, -0.25) is 4.68 Å². The molecule has 0 aliphatic heterocycles. The highest BCUT2D eigenvalue weighted by atomic mass is 79.9. The average molecular weight is 377 g/mol. The van der Waals surface area contributed by atoms with Gasteiger partial charge < -0.3 is 5.32 Å². The summed E-state index contributed by atoms with van der Waals surface area (Å²) in [6.45, 7) is 3.01. The summed E-state index contributed by atoms with van der Waals surface area (Å²) in [4.78, 5) is 0. The van der Waals surface area contributed by atoms with Crippen molar-refractivity contribution in [1.82, 2.24) is 15.1 Å². The summed E-state index contributed by atoms with van der Waals surface area (Å²) in [5.41, 5.74) is 1.99. The Morgan fingerprint density at radius 2 is 2.15 bits per heavy atom. The lowest BCUT2D eigenvalue weighted by Crippen LogP contribution is -2.26. The Bertz CT molecular complexity index is 579. The third-order valence-corrected chi connectivity index (χ3v) is 4.27. The van der Waals surface area contributed by atoms with Gasteiger partial charge in [-0.2, -0.15) is 5.10 Å². The zero-order chi connectivity index (χ0) is 14.7. The smallest absolute Gasteiger partial charge is 0.0774 e. The lowest BCUT2D eigenvalue weighted by Gasteiger charge is -2.21. The normalized spacial score (nSPS) is 12.7. The Kier molecular flexibility index (Phi) is 5.49. The lowest BCUT2D eigenvalue weighted by molar-refractivity contribution is 0.552. The molecule has 0 saturated carbocycles. The minimum absolute atomic E-state index is 0.0528. The van der Waals surface area contributed by atoms with Gasteiger partial charge in [0.25, 0.3) is 0 Å². The minimum Gasteiger partial charge on any atom is -0.305 e. The fourth-order valence-electron chi connectivity index (χ4n) is 2.12. The number of halogens is 3. The van der Waals surface area contributed by atoms with Crippen LogP contribution >= 0.6 is 39.1 Å². The number of aryl methyl sites for hydroxylation is 1. The number of benzene rings is 1. The Labute approximate surface area is 137 Å². The molecule has 1 atom stereocenters. The van der Waals surface area contributed by atoms with E-state index in [9.17, 15) is 0 Å². The first-order chi connectivity index (χ1) is 9.54. The third kappa shape index (κ3) is 3.37. The van der Waals surface area contributed by atoms with Crippen LogP contribution in [0.1, 0.15) is 30.6 Å². The molecule has 20 heavy (non-hydrogen) atoms. The van der Waals surface area contributed by atoms with Crippen LogP contribution in [0.2, 0.25) is 10.0 Å². The minimum atomic E-state index is -0.0528. The van der Waals surface area contributed by atoms with Crippen molar-refractivity contribution in [2.75, 3.05) is 6.54 Å². The molecule has 1 aromatic carbocycles. The highest BCUT2D eigenvalue weighted by molar-refractivity contribution is 9.10. The van der Waals surface area contributed by atoms with E-state index in [0.717, 1.165) is 28.7 Å². The molecule has 2 rings (SSSR count). The van der Waals surface area contributed by atoms with E-state index in [-0.39, 0.29) is 6.04 Å². The molecule has 3 nitrogen and oxygen atoms in total. The van der Waals surface area contributed by atoms with Gasteiger partial charge in [0.2, 0.25) is 0 Å². The van der Waals surface area contributed by atoms with Gasteiger partial charge >= 0.3 is 0 Å². The predicted molar refractivity (Wildman–Crippen MR) is 87.5 cm³/mol. The van der Waals surface area contributed by atoms with Crippen LogP contribution in [0.15, 0.2) is 28.9 Å². The largest absolute Gasteiger partial charge is 0.305 e. The number of rotatable bonds is 5. The molecule has 1 unspecified atom stereocenters. The molecule has 0 saturated heterocycles. The summed E-state index contributed by atoms with van der Waals surface area (Å²) in [5.74, 6) is 0. The number of nitrogens with zero attached hydrogens (tertiary/aromatic N) is 2. The molecule has 0 amide bonds. The molecule has 0 radical (unpaired) electrons. The van der Waals surface area contributed by atoms with Crippen LogP contribution < -0.4 is 5.32 Å². The molecular formula is C14H16BrCl2N3. The van der Waals surface area contributed by atoms with E-state index in [1.807, 2.05) is 23.9 Å². The van der Waals surface area contributed by atoms with Crippen molar-refractivity contribution in [3.8, 4) is 0 Å². The fourth-order valence-corrected chi connectivity index (χ4v) is 3.11. The van der Waals surface area contributed by atoms with E-state index in [1.54, 1.807) is 12.3 Å². The van der Waals surface area contributed by atoms with E-state index in [2.05, 4.69) is 33.3 Å². The first-order valence-corrected chi connectivity index (χ1v) is 7.95. The van der Waals surface area contributed by atoms with Gasteiger partial charge in [-0.15, -0.1) is 0 Å². The maximum absolute atomic E-state index is 6.35. The Morgan fingerprint density at radius 3 is 2.75 bits per heavy atom. The van der Waals surface area contributed by atoms with Gasteiger partial charge in [0, 0.05) is 17.1 Å². The van der Waals surface area contributed by atoms with Crippen LogP contribution in [0.4, 0.5) is 0 Å². The van der Waals surface area contributed by atoms with Gasteiger partial charge in [-0.1, -0.05) is 30.1 Å². The van der Waals surface area contributed by atoms with E-state index in [1.165, 1.54) is 0 Å². The molecule has 0 fully saturated rings. The fraction of sp³-hybridized carbons (Fsp3) is 0.357. The Hall–Kier alpha value is -0.550. The van der Waals surface area contributed by atoms with Gasteiger partial charge in [-0.25, -0.2) is 0 Å². The van der Waals surface area contributed by atoms with Crippen LogP contribution in [-0.4, -0.2) is 16.3 Å². The van der Waals surface area contributed by atoms with Crippen LogP contribution in [0.3, 0.4) is 0 Å². The van der Waals surface area contributed by atoms with Crippen LogP contribution in [-0.2, 0) is 7.05 Å². The SMILES string of the molecule is CCCNC(c1cc(Cl)ccc1Cl)c1c(Br)cnn1C. The summed E-state index contributed by atoms with van der Waals surface area (Å²) >= 11 is 16.0. The predicted octanol–water partition coefficient (Wildman–Crippen LogP) is 4.58. The molecule has 2 aromatic rings. The van der Waals surface area contributed by atoms with Crippen molar-refractivity contribution < 1.29 is 0 Å². The summed E-state index contributed by atoms with van der Waals surface area (Å²) in [6.07, 6.45) is 2.82. The van der Waals surface area contributed by atoms with E-state index in [4.69, 9.17) is 23.2 Å². The highest BCUT2D eigenvalue weighted by Gasteiger charge is 2.22. The molecular weight excluding hydrogens is 361 g/mol. The molecule has 0 aliphatic rings. The standard InChI is InChI=1S/C14H16BrCl2N3/c1-3-6-18-13(14-11(15)8-19-20(14)2)10-7-9(16)4-5-12(10)17/h4-5,7-8,13,18H,3,6H2,1-2H3. The molecule has 1 N–H and O–H groups in total. The molecule has 1 aromatic heterocycles. The van der Waals surface area contributed by atoms with Gasteiger partial charge in [0.1, 0.15) is 0 Å². The van der Waals surface area contributed by atoms with E-state index >= 15 is 0 Å². The first-order valence-electron chi connectivity index (χ1n) is 6.40. The summed E-state index contributed by atoms with van der Waals surface area (Å²) in [5, 5.41) is 9.14. The molecule has 6 heteroatoms. The van der Waals surface area contributed by atoms with Crippen molar-refractivity contribution in [2.24, 2.45) is 7.05 Å². The molecule has 1 heterocycles. The van der Waals surface area contributed by atoms with Crippen molar-refractivity contribution in [1.29, 1.82) is 0 Å². The number of hydrogen-bond acceptors (Lipinski definition) is 2. The maximum Gasteiger partial charge on any atom is 0.0774 e. The summed E-state index contributed by atoms with van der Waals surface area (Å²) < 4.78 is 2.79. The van der Waals surface area contributed by atoms with Crippen molar-refractivity contribution in [3.05, 3.63) is 50.2 Å². The summed E-state index contributed by atoms with van der Waals surface area (Å²) in [6, 6.07) is 5.46. The second kappa shape index (κ2) is 6.94. The molecule has 0 aliphatic carbocycles. The van der Waals surface area contributed by atoms with Crippen LogP contribution in [0.25, 0.3) is 0 Å². The third-order valence-electron chi connectivity index (χ3n) is 3.08. The van der Waals surface area contributed by atoms with Crippen molar-refractivity contribution >= 4 is 39.1 Å². The van der Waals surface area contributed by atoms with Crippen LogP contribution in [0, 0.1) is 0 Å². The lowest BCUT2D eigenvalue weighted by atomic mass is 10.0. The molecule has 0 bridgehead atoms. The van der Waals surface area contributed by atoms with Gasteiger partial charge in [0.15, 0.2) is 0 Å². The molecule has 108 valence electrons. The Balaban J connectivity index is 2.50. The summed E-state index contributed by atoms with van der Waals surface area (Å²) in [7, 11) is 1.92. The van der Waals surface area contributed by atoms with E-state index in [0.29, 0.717) is 10.0 Å². The van der Waals surface area contributed by atoms with Gasteiger partial charge in [-0.05, 0) is 52.7 Å². The zero-order valence-electron chi connectivity index (χ0n) is 11.3. The number of aromatic nitrogens is 2. The monoisotopic (exact) mass is 375 g/mol. The topological polar surface area (TPSA) is 29.9 Å². The number of hydrogen-bond donors (Lipinski definition) is 1. The average Bonchev–Trinajstić information content (AvgIpc) is 2.74. The highest BCUT2D eigenvalue weighted by Crippen LogP contribution is 2.33. The van der Waals surface area contributed by atoms with E-state index < -0.39 is 0 Å². The quantitative estimate of drug-likeness (QED) is 0.827. The maximum atomic E-state index is 6.35. The van der Waals surface area contributed by atoms with Gasteiger partial charge in [0.05, 0.1) is 22.4 Å². The Morgan fingerprint density at radius 1 is 1.40 bits per heavy atom. The van der Waals surface area contributed by atoms with Crippen molar-refractivity contribution in [2.45, 2.75) is 19.4 Å². The van der Waals surface area contributed by atoms with Crippen molar-refractivity contribution in [3.63, 3.8) is 0 Å². The molecule has 0 spiro atoms. The number of nitrogens with one attached hydrogen (secondary N) is 1. The first kappa shape index (κ1) is 15.8.